The zero-order valence-corrected chi connectivity index (χ0v) is 47.7. The van der Waals surface area contributed by atoms with E-state index in [9.17, 15) is 0 Å². The molecule has 12 aromatic carbocycles. The van der Waals surface area contributed by atoms with Crippen LogP contribution in [0.5, 0.6) is 0 Å². The maximum Gasteiger partial charge on any atom is 0.234 e. The Morgan fingerprint density at radius 2 is 0.711 bits per heavy atom. The van der Waals surface area contributed by atoms with Crippen LogP contribution in [0.25, 0.3) is 181 Å². The van der Waals surface area contributed by atoms with Gasteiger partial charge in [0.25, 0.3) is 0 Å². The minimum Gasteiger partial charge on any atom is -0.456 e. The van der Waals surface area contributed by atoms with E-state index in [1.54, 1.807) is 37.2 Å². The van der Waals surface area contributed by atoms with Crippen molar-refractivity contribution in [1.82, 2.24) is 43.6 Å². The molecule has 0 aliphatic rings. The van der Waals surface area contributed by atoms with E-state index in [1.807, 2.05) is 66.7 Å². The number of hydrogen-bond acceptors (Lipinski definition) is 9. The lowest BCUT2D eigenvalue weighted by atomic mass is 9.99. The summed E-state index contributed by atoms with van der Waals surface area (Å²) in [5.74, 6) is 1.96. The highest BCUT2D eigenvalue weighted by molar-refractivity contribution is 6.35. The molecule has 21 aromatic rings. The van der Waals surface area contributed by atoms with Crippen LogP contribution in [-0.2, 0) is 0 Å². The van der Waals surface area contributed by atoms with Crippen LogP contribution in [0.1, 0.15) is 0 Å². The Morgan fingerprint density at radius 3 is 1.41 bits per heavy atom. The van der Waals surface area contributed by atoms with E-state index in [4.69, 9.17) is 13.3 Å². The van der Waals surface area contributed by atoms with Gasteiger partial charge in [0.1, 0.15) is 33.4 Å². The molecule has 9 heterocycles. The van der Waals surface area contributed by atoms with Crippen molar-refractivity contribution in [3.05, 3.63) is 274 Å². The van der Waals surface area contributed by atoms with Gasteiger partial charge in [-0.1, -0.05) is 158 Å². The fourth-order valence-electron chi connectivity index (χ4n) is 13.9. The summed E-state index contributed by atoms with van der Waals surface area (Å²) in [7, 11) is 0. The van der Waals surface area contributed by atoms with Crippen LogP contribution in [0.3, 0.4) is 0 Å². The van der Waals surface area contributed by atoms with Crippen molar-refractivity contribution in [2.24, 2.45) is 0 Å². The van der Waals surface area contributed by atoms with Gasteiger partial charge in [-0.25, -0.2) is 29.9 Å². The second-order valence-electron chi connectivity index (χ2n) is 22.5. The highest BCUT2D eigenvalue weighted by atomic mass is 16.3. The number of fused-ring (bicyclic) bond motifs is 26. The van der Waals surface area contributed by atoms with Gasteiger partial charge in [0.2, 0.25) is 17.8 Å². The Morgan fingerprint density at radius 1 is 0.222 bits per heavy atom. The maximum atomic E-state index is 6.48. The van der Waals surface area contributed by atoms with E-state index in [0.717, 1.165) is 126 Å². The third kappa shape index (κ3) is 7.36. The fourth-order valence-corrected chi connectivity index (χ4v) is 13.9. The number of rotatable bonds is 3. The number of hydrogen-bond donors (Lipinski definition) is 0. The SMILES string of the molecule is c1cnc(-n2c3cc4ccccc4cc3c3cc4oc5ccccc5c4cc32)nc1.c1cnc(-n2c3ccc4ccccc4c3c3ccc4c5ccccc5oc4c32)nc1.c1cnc(-n2c3ccccc3c3c4oc5ccccc5c4c4ccccc4c32)nc1. The summed E-state index contributed by atoms with van der Waals surface area (Å²) >= 11 is 0. The van der Waals surface area contributed by atoms with Crippen LogP contribution in [0.15, 0.2) is 287 Å². The Labute approximate surface area is 509 Å². The quantitative estimate of drug-likeness (QED) is 0.170. The molecule has 0 aliphatic heterocycles. The van der Waals surface area contributed by atoms with Gasteiger partial charge in [-0.2, -0.15) is 0 Å². The smallest absolute Gasteiger partial charge is 0.234 e. The van der Waals surface area contributed by atoms with E-state index in [1.165, 1.54) is 37.7 Å². The molecule has 90 heavy (non-hydrogen) atoms. The summed E-state index contributed by atoms with van der Waals surface area (Å²) in [6, 6.07) is 81.5. The first-order chi connectivity index (χ1) is 44.7. The Bertz CT molecular complexity index is 6470. The summed E-state index contributed by atoms with van der Waals surface area (Å²) in [5, 5.41) is 20.8. The Balaban J connectivity index is 0.0000000972. The first kappa shape index (κ1) is 49.7. The first-order valence-electron chi connectivity index (χ1n) is 29.8. The van der Waals surface area contributed by atoms with Crippen molar-refractivity contribution < 1.29 is 13.3 Å². The zero-order valence-electron chi connectivity index (χ0n) is 47.7. The third-order valence-corrected chi connectivity index (χ3v) is 17.7. The predicted molar refractivity (Wildman–Crippen MR) is 363 cm³/mol. The van der Waals surface area contributed by atoms with Crippen molar-refractivity contribution in [3.63, 3.8) is 0 Å². The second-order valence-corrected chi connectivity index (χ2v) is 22.5. The molecule has 0 spiro atoms. The van der Waals surface area contributed by atoms with E-state index in [2.05, 4.69) is 213 Å². The molecule has 420 valence electrons. The molecule has 0 saturated heterocycles. The van der Waals surface area contributed by atoms with Gasteiger partial charge in [0, 0.05) is 102 Å². The normalized spacial score (nSPS) is 12.0. The highest BCUT2D eigenvalue weighted by Gasteiger charge is 2.25. The van der Waals surface area contributed by atoms with Gasteiger partial charge in [-0.3, -0.25) is 13.7 Å². The van der Waals surface area contributed by atoms with E-state index >= 15 is 0 Å². The molecule has 0 saturated carbocycles. The second kappa shape index (κ2) is 19.5. The highest BCUT2D eigenvalue weighted by Crippen LogP contribution is 2.47. The number of furan rings is 3. The molecule has 0 N–H and O–H groups in total. The molecule has 0 atom stereocenters. The molecular formula is C78H45N9O3. The molecule has 0 unspecified atom stereocenters. The molecule has 0 fully saturated rings. The molecule has 0 bridgehead atoms. The summed E-state index contributed by atoms with van der Waals surface area (Å²) in [5.41, 5.74) is 11.7. The minimum absolute atomic E-state index is 0.640. The Hall–Kier alpha value is -12.5. The number of para-hydroxylation sites is 4. The predicted octanol–water partition coefficient (Wildman–Crippen LogP) is 19.9. The van der Waals surface area contributed by atoms with Crippen molar-refractivity contribution in [1.29, 1.82) is 0 Å². The lowest BCUT2D eigenvalue weighted by molar-refractivity contribution is 0.669. The zero-order chi connectivity index (χ0) is 59.0. The monoisotopic (exact) mass is 1160 g/mol. The topological polar surface area (TPSA) is 132 Å². The van der Waals surface area contributed by atoms with Gasteiger partial charge in [-0.05, 0) is 106 Å². The number of benzene rings is 12. The van der Waals surface area contributed by atoms with Gasteiger partial charge in [0.15, 0.2) is 5.58 Å². The number of nitrogens with zero attached hydrogens (tertiary/aromatic N) is 9. The van der Waals surface area contributed by atoms with Crippen LogP contribution in [-0.4, -0.2) is 43.6 Å². The lowest BCUT2D eigenvalue weighted by Crippen LogP contribution is -2.00. The summed E-state index contributed by atoms with van der Waals surface area (Å²) in [6.45, 7) is 0. The van der Waals surface area contributed by atoms with Crippen LogP contribution >= 0.6 is 0 Å². The summed E-state index contributed by atoms with van der Waals surface area (Å²) in [6.07, 6.45) is 10.7. The van der Waals surface area contributed by atoms with E-state index in [0.29, 0.717) is 17.8 Å². The Kier molecular flexibility index (Phi) is 10.8. The molecule has 21 rings (SSSR count). The molecule has 9 aromatic heterocycles. The van der Waals surface area contributed by atoms with Gasteiger partial charge >= 0.3 is 0 Å². The van der Waals surface area contributed by atoms with Crippen molar-refractivity contribution in [3.8, 4) is 17.8 Å². The maximum absolute atomic E-state index is 6.48. The summed E-state index contributed by atoms with van der Waals surface area (Å²) < 4.78 is 25.5. The van der Waals surface area contributed by atoms with E-state index in [-0.39, 0.29) is 0 Å². The molecule has 12 heteroatoms. The van der Waals surface area contributed by atoms with Crippen molar-refractivity contribution in [2.75, 3.05) is 0 Å². The van der Waals surface area contributed by atoms with Crippen LogP contribution < -0.4 is 0 Å². The summed E-state index contributed by atoms with van der Waals surface area (Å²) in [4.78, 5) is 27.4. The largest absolute Gasteiger partial charge is 0.456 e. The molecule has 0 aliphatic carbocycles. The van der Waals surface area contributed by atoms with Gasteiger partial charge in [0.05, 0.1) is 33.0 Å². The molecular weight excluding hydrogens is 1110 g/mol. The van der Waals surface area contributed by atoms with Gasteiger partial charge < -0.3 is 13.3 Å². The minimum atomic E-state index is 0.640. The number of aromatic nitrogens is 9. The van der Waals surface area contributed by atoms with Crippen LogP contribution in [0.4, 0.5) is 0 Å². The molecule has 0 radical (unpaired) electrons. The lowest BCUT2D eigenvalue weighted by Gasteiger charge is -2.08. The average Bonchev–Trinajstić information content (AvgIpc) is 1.57. The standard InChI is InChI=1S/3C26H15N3O/c1-2-9-17-16(8-1)22-19-11-4-6-13-21(19)30-25(22)23-18-10-3-5-12-20(18)29(24(17)23)26-27-14-7-15-28-26;1-2-7-17-16(6-1)10-13-21-23(17)20-12-11-19-18-8-3-4-9-22(18)30-25(19)24(20)29(21)26-27-14-5-15-28-26;1-2-7-17-13-22-19(12-16(17)6-1)20-15-25-21(18-8-3-4-9-24(18)30-25)14-23(20)29(22)26-27-10-5-11-28-26/h3*1-15H. The third-order valence-electron chi connectivity index (χ3n) is 17.7. The first-order valence-corrected chi connectivity index (χ1v) is 29.8. The molecule has 12 nitrogen and oxygen atoms in total. The van der Waals surface area contributed by atoms with Crippen molar-refractivity contribution in [2.45, 2.75) is 0 Å². The van der Waals surface area contributed by atoms with Crippen molar-refractivity contribution >= 4 is 164 Å². The van der Waals surface area contributed by atoms with Crippen LogP contribution in [0.2, 0.25) is 0 Å². The molecule has 0 amide bonds. The fraction of sp³-hybridized carbons (Fsp3) is 0. The van der Waals surface area contributed by atoms with Crippen LogP contribution in [0, 0.1) is 0 Å². The van der Waals surface area contributed by atoms with E-state index < -0.39 is 0 Å². The van der Waals surface area contributed by atoms with Gasteiger partial charge in [-0.15, -0.1) is 0 Å². The average molecular weight is 1160 g/mol.